The molecule has 0 aliphatic carbocycles. The Bertz CT molecular complexity index is 830. The fraction of sp³-hybridized carbons (Fsp3) is 0.222. The van der Waals surface area contributed by atoms with Gasteiger partial charge in [0.1, 0.15) is 5.82 Å². The predicted molar refractivity (Wildman–Crippen MR) is 91.4 cm³/mol. The Hall–Kier alpha value is -2.73. The number of nitrogens with one attached hydrogen (secondary N) is 1. The Kier molecular flexibility index (Phi) is 4.86. The Morgan fingerprint density at radius 3 is 2.75 bits per heavy atom. The largest absolute Gasteiger partial charge is 0.385 e. The molecule has 1 amide bonds. The minimum absolute atomic E-state index is 0.287. The molecule has 0 bridgehead atoms. The van der Waals surface area contributed by atoms with Crippen LogP contribution in [0.25, 0.3) is 22.2 Å². The summed E-state index contributed by atoms with van der Waals surface area (Å²) in [5.41, 5.74) is 3.20. The number of carbonyl (C=O) groups is 1. The van der Waals surface area contributed by atoms with Gasteiger partial charge >= 0.3 is 0 Å². The number of aromatic nitrogens is 2. The lowest BCUT2D eigenvalue weighted by molar-refractivity contribution is -0.107. The van der Waals surface area contributed by atoms with E-state index in [4.69, 9.17) is 4.74 Å². The van der Waals surface area contributed by atoms with Gasteiger partial charge in [0.25, 0.3) is 0 Å². The number of anilines is 1. The number of carbonyl (C=O) groups excluding carboxylic acids is 1. The molecule has 1 heterocycles. The smallest absolute Gasteiger partial charge is 0.214 e. The zero-order valence-electron chi connectivity index (χ0n) is 13.3. The van der Waals surface area contributed by atoms with E-state index >= 15 is 0 Å². The molecule has 124 valence electrons. The van der Waals surface area contributed by atoms with Crippen LogP contribution in [0.1, 0.15) is 6.42 Å². The molecule has 3 aromatic rings. The van der Waals surface area contributed by atoms with Gasteiger partial charge in [-0.3, -0.25) is 9.89 Å². The highest BCUT2D eigenvalue weighted by atomic mass is 19.1. The molecule has 0 saturated heterocycles. The van der Waals surface area contributed by atoms with Crippen molar-refractivity contribution in [2.24, 2.45) is 0 Å². The van der Waals surface area contributed by atoms with E-state index in [1.807, 2.05) is 18.2 Å². The van der Waals surface area contributed by atoms with Gasteiger partial charge in [-0.1, -0.05) is 0 Å². The van der Waals surface area contributed by atoms with E-state index in [-0.39, 0.29) is 5.82 Å². The Labute approximate surface area is 139 Å². The number of amides is 1. The highest BCUT2D eigenvalue weighted by molar-refractivity contribution is 5.96. The van der Waals surface area contributed by atoms with Crippen LogP contribution in [-0.4, -0.2) is 36.9 Å². The first-order valence-electron chi connectivity index (χ1n) is 7.68. The highest BCUT2D eigenvalue weighted by Crippen LogP contribution is 2.29. The molecule has 0 spiro atoms. The van der Waals surface area contributed by atoms with E-state index in [0.29, 0.717) is 13.2 Å². The molecule has 3 rings (SSSR count). The molecule has 24 heavy (non-hydrogen) atoms. The monoisotopic (exact) mass is 327 g/mol. The molecular formula is C18H18FN3O2. The maximum absolute atomic E-state index is 13.1. The molecule has 1 N–H and O–H groups in total. The molecule has 0 aliphatic heterocycles. The summed E-state index contributed by atoms with van der Waals surface area (Å²) < 4.78 is 18.2. The van der Waals surface area contributed by atoms with Crippen molar-refractivity contribution in [2.45, 2.75) is 6.42 Å². The van der Waals surface area contributed by atoms with Crippen LogP contribution in [0.2, 0.25) is 0 Å². The third-order valence-electron chi connectivity index (χ3n) is 3.87. The van der Waals surface area contributed by atoms with Crippen molar-refractivity contribution in [2.75, 3.05) is 25.2 Å². The Morgan fingerprint density at radius 1 is 1.25 bits per heavy atom. The fourth-order valence-electron chi connectivity index (χ4n) is 2.63. The summed E-state index contributed by atoms with van der Waals surface area (Å²) >= 11 is 0. The number of methoxy groups -OCH3 is 1. The number of fused-ring (bicyclic) bond motifs is 1. The van der Waals surface area contributed by atoms with E-state index in [1.54, 1.807) is 24.1 Å². The second-order valence-electron chi connectivity index (χ2n) is 5.45. The van der Waals surface area contributed by atoms with Crippen molar-refractivity contribution < 1.29 is 13.9 Å². The summed E-state index contributed by atoms with van der Waals surface area (Å²) in [5.74, 6) is -0.287. The second kappa shape index (κ2) is 7.23. The lowest BCUT2D eigenvalue weighted by atomic mass is 10.1. The number of hydrogen-bond donors (Lipinski definition) is 1. The molecular weight excluding hydrogens is 309 g/mol. The summed E-state index contributed by atoms with van der Waals surface area (Å²) in [5, 5.41) is 8.18. The number of H-pyrrole nitrogens is 1. The first-order chi connectivity index (χ1) is 11.7. The van der Waals surface area contributed by atoms with Crippen LogP contribution >= 0.6 is 0 Å². The molecule has 0 aliphatic rings. The van der Waals surface area contributed by atoms with Crippen LogP contribution in [0.4, 0.5) is 10.1 Å². The average molecular weight is 327 g/mol. The average Bonchev–Trinajstić information content (AvgIpc) is 3.03. The predicted octanol–water partition coefficient (Wildman–Crippen LogP) is 3.37. The van der Waals surface area contributed by atoms with Gasteiger partial charge in [0.15, 0.2) is 0 Å². The van der Waals surface area contributed by atoms with Crippen LogP contribution in [0.5, 0.6) is 0 Å². The van der Waals surface area contributed by atoms with E-state index in [1.165, 1.54) is 12.1 Å². The number of aromatic amines is 1. The normalized spacial score (nSPS) is 10.9. The van der Waals surface area contributed by atoms with Gasteiger partial charge in [0.05, 0.1) is 11.2 Å². The minimum Gasteiger partial charge on any atom is -0.385 e. The topological polar surface area (TPSA) is 58.2 Å². The number of halogens is 1. The summed E-state index contributed by atoms with van der Waals surface area (Å²) in [6.45, 7) is 1.17. The minimum atomic E-state index is -0.287. The maximum Gasteiger partial charge on any atom is 0.214 e. The van der Waals surface area contributed by atoms with Gasteiger partial charge in [0, 0.05) is 36.9 Å². The van der Waals surface area contributed by atoms with Gasteiger partial charge in [0.2, 0.25) is 6.41 Å². The number of benzene rings is 2. The van der Waals surface area contributed by atoms with Crippen LogP contribution in [-0.2, 0) is 9.53 Å². The molecule has 0 radical (unpaired) electrons. The first-order valence-corrected chi connectivity index (χ1v) is 7.68. The van der Waals surface area contributed by atoms with Crippen LogP contribution in [0.3, 0.4) is 0 Å². The van der Waals surface area contributed by atoms with Gasteiger partial charge in [-0.2, -0.15) is 5.10 Å². The summed E-state index contributed by atoms with van der Waals surface area (Å²) in [6.07, 6.45) is 1.57. The van der Waals surface area contributed by atoms with Gasteiger partial charge in [-0.05, 0) is 48.9 Å². The second-order valence-corrected chi connectivity index (χ2v) is 5.45. The van der Waals surface area contributed by atoms with Crippen molar-refractivity contribution in [1.82, 2.24) is 10.2 Å². The number of nitrogens with zero attached hydrogens (tertiary/aromatic N) is 2. The third kappa shape index (κ3) is 3.28. The molecule has 5 nitrogen and oxygen atoms in total. The van der Waals surface area contributed by atoms with E-state index < -0.39 is 0 Å². The van der Waals surface area contributed by atoms with Crippen molar-refractivity contribution in [3.05, 3.63) is 48.3 Å². The Morgan fingerprint density at radius 2 is 2.04 bits per heavy atom. The molecule has 0 fully saturated rings. The highest BCUT2D eigenvalue weighted by Gasteiger charge is 2.12. The maximum atomic E-state index is 13.1. The molecule has 6 heteroatoms. The van der Waals surface area contributed by atoms with Crippen molar-refractivity contribution in [3.8, 4) is 11.3 Å². The van der Waals surface area contributed by atoms with Gasteiger partial charge in [-0.15, -0.1) is 0 Å². The SMILES string of the molecule is COCCCN(C=O)c1ccc2[nH]nc(-c3ccc(F)cc3)c2c1. The number of ether oxygens (including phenoxy) is 1. The number of rotatable bonds is 7. The lowest BCUT2D eigenvalue weighted by Gasteiger charge is -2.17. The molecule has 0 saturated carbocycles. The molecule has 0 atom stereocenters. The Balaban J connectivity index is 1.95. The van der Waals surface area contributed by atoms with E-state index in [9.17, 15) is 9.18 Å². The van der Waals surface area contributed by atoms with E-state index in [0.717, 1.165) is 40.7 Å². The van der Waals surface area contributed by atoms with Crippen molar-refractivity contribution in [1.29, 1.82) is 0 Å². The van der Waals surface area contributed by atoms with Crippen molar-refractivity contribution in [3.63, 3.8) is 0 Å². The summed E-state index contributed by atoms with van der Waals surface area (Å²) in [6, 6.07) is 11.9. The first kappa shape index (κ1) is 16.1. The molecule has 2 aromatic carbocycles. The standard InChI is InChI=1S/C18H18FN3O2/c1-24-10-2-9-22(12-23)15-7-8-17-16(11-15)18(21-20-17)13-3-5-14(19)6-4-13/h3-8,11-12H,2,9-10H2,1H3,(H,20,21). The van der Waals surface area contributed by atoms with Crippen LogP contribution in [0.15, 0.2) is 42.5 Å². The van der Waals surface area contributed by atoms with Crippen LogP contribution in [0, 0.1) is 5.82 Å². The quantitative estimate of drug-likeness (QED) is 0.535. The fourth-order valence-corrected chi connectivity index (χ4v) is 2.63. The molecule has 0 unspecified atom stereocenters. The zero-order chi connectivity index (χ0) is 16.9. The third-order valence-corrected chi connectivity index (χ3v) is 3.87. The number of hydrogen-bond acceptors (Lipinski definition) is 3. The van der Waals surface area contributed by atoms with Crippen molar-refractivity contribution >= 4 is 23.0 Å². The summed E-state index contributed by atoms with van der Waals surface area (Å²) in [4.78, 5) is 13.0. The summed E-state index contributed by atoms with van der Waals surface area (Å²) in [7, 11) is 1.64. The van der Waals surface area contributed by atoms with E-state index in [2.05, 4.69) is 10.2 Å². The lowest BCUT2D eigenvalue weighted by Crippen LogP contribution is -2.23. The van der Waals surface area contributed by atoms with Gasteiger partial charge < -0.3 is 9.64 Å². The molecule has 1 aromatic heterocycles. The van der Waals surface area contributed by atoms with Crippen LogP contribution < -0.4 is 4.90 Å². The zero-order valence-corrected chi connectivity index (χ0v) is 13.3. The van der Waals surface area contributed by atoms with Gasteiger partial charge in [-0.25, -0.2) is 4.39 Å².